The van der Waals surface area contributed by atoms with Gasteiger partial charge < -0.3 is 0 Å². The van der Waals surface area contributed by atoms with Gasteiger partial charge in [-0.15, -0.1) is 0 Å². The molecule has 0 radical (unpaired) electrons. The highest BCUT2D eigenvalue weighted by Gasteiger charge is 2.10. The Bertz CT molecular complexity index is 767. The molecule has 0 amide bonds. The van der Waals surface area contributed by atoms with Crippen molar-refractivity contribution in [3.63, 3.8) is 0 Å². The van der Waals surface area contributed by atoms with Crippen LogP contribution in [0, 0.1) is 16.2 Å². The van der Waals surface area contributed by atoms with Gasteiger partial charge in [0, 0.05) is 0 Å². The highest BCUT2D eigenvalue weighted by atomic mass is 14.2. The quantitative estimate of drug-likeness (QED) is 0.144. The van der Waals surface area contributed by atoms with E-state index in [1.54, 1.807) is 11.1 Å². The predicted molar refractivity (Wildman–Crippen MR) is 209 cm³/mol. The molecule has 0 aromatic heterocycles. The highest BCUT2D eigenvalue weighted by molar-refractivity contribution is 5.03. The fourth-order valence-electron chi connectivity index (χ4n) is 4.47. The minimum atomic E-state index is 0.488. The van der Waals surface area contributed by atoms with Crippen molar-refractivity contribution >= 4 is 0 Å². The fourth-order valence-corrected chi connectivity index (χ4v) is 4.47. The third kappa shape index (κ3) is 47.4. The van der Waals surface area contributed by atoms with Crippen LogP contribution in [0.3, 0.4) is 0 Å². The molecule has 0 fully saturated rings. The predicted octanol–water partition coefficient (Wildman–Crippen LogP) is 16.1. The Morgan fingerprint density at radius 2 is 0.705 bits per heavy atom. The maximum atomic E-state index is 2.36. The normalized spacial score (nSPS) is 13.8. The first-order valence-electron chi connectivity index (χ1n) is 18.2. The van der Waals surface area contributed by atoms with Gasteiger partial charge in [-0.05, 0) is 134 Å². The number of allylic oxidation sites excluding steroid dienone is 12. The first-order valence-corrected chi connectivity index (χ1v) is 18.2. The molecule has 0 bridgehead atoms. The lowest BCUT2D eigenvalue weighted by Gasteiger charge is -2.17. The average molecular weight is 611 g/mol. The molecule has 0 atom stereocenters. The van der Waals surface area contributed by atoms with E-state index in [0.717, 1.165) is 32.1 Å². The van der Waals surface area contributed by atoms with Crippen molar-refractivity contribution in [2.45, 2.75) is 194 Å². The molecular weight excluding hydrogens is 528 g/mol. The molecule has 0 aliphatic rings. The molecule has 0 heterocycles. The zero-order chi connectivity index (χ0) is 34.5. The van der Waals surface area contributed by atoms with Crippen molar-refractivity contribution in [2.75, 3.05) is 0 Å². The second-order valence-corrected chi connectivity index (χ2v) is 16.4. The Morgan fingerprint density at radius 1 is 0.432 bits per heavy atom. The summed E-state index contributed by atoms with van der Waals surface area (Å²) in [5, 5.41) is 0. The fraction of sp³-hybridized carbons (Fsp3) is 0.727. The van der Waals surface area contributed by atoms with Crippen LogP contribution in [0.2, 0.25) is 0 Å². The third-order valence-corrected chi connectivity index (χ3v) is 7.34. The standard InChI is InChI=1S/2C15H28.C14H26/c2*1-6-7-8-9-11-14(2)12-10-13-15(3,4)5;1-6-7-8-10-13(2)11-9-12-14(3,4)5/h2*7-8,11H,6,9-10,12-13H2,1-5H3;6-7,10H,8-9,11-12H2,1-5H3/b8-7+,14-11+;8-7+,14-11-;7-6+,13-10+. The molecule has 44 heavy (non-hydrogen) atoms. The second kappa shape index (κ2) is 28.9. The van der Waals surface area contributed by atoms with Gasteiger partial charge in [0.1, 0.15) is 0 Å². The van der Waals surface area contributed by atoms with E-state index in [0.29, 0.717) is 16.2 Å². The van der Waals surface area contributed by atoms with E-state index in [1.165, 1.54) is 63.4 Å². The summed E-state index contributed by atoms with van der Waals surface area (Å²) in [6, 6.07) is 0. The zero-order valence-electron chi connectivity index (χ0n) is 33.1. The van der Waals surface area contributed by atoms with Crippen LogP contribution in [0.4, 0.5) is 0 Å². The van der Waals surface area contributed by atoms with Crippen molar-refractivity contribution in [3.8, 4) is 0 Å². The summed E-state index contributed by atoms with van der Waals surface area (Å²) >= 11 is 0. The summed E-state index contributed by atoms with van der Waals surface area (Å²) in [5.74, 6) is 0. The summed E-state index contributed by atoms with van der Waals surface area (Å²) in [6.07, 6.45) is 37.7. The lowest BCUT2D eigenvalue weighted by Crippen LogP contribution is -2.04. The molecule has 0 unspecified atom stereocenters. The largest absolute Gasteiger partial charge is 0.0914 e. The Labute approximate surface area is 280 Å². The molecule has 0 aromatic carbocycles. The molecule has 0 aliphatic heterocycles. The van der Waals surface area contributed by atoms with Gasteiger partial charge in [-0.2, -0.15) is 0 Å². The summed E-state index contributed by atoms with van der Waals surface area (Å²) in [6.45, 7) is 34.0. The molecular formula is C44H82. The molecule has 0 aliphatic carbocycles. The monoisotopic (exact) mass is 611 g/mol. The average Bonchev–Trinajstić information content (AvgIpc) is 2.88. The van der Waals surface area contributed by atoms with Crippen LogP contribution in [0.25, 0.3) is 0 Å². The third-order valence-electron chi connectivity index (χ3n) is 7.34. The van der Waals surface area contributed by atoms with Gasteiger partial charge in [0.2, 0.25) is 0 Å². The summed E-state index contributed by atoms with van der Waals surface area (Å²) < 4.78 is 0. The smallest absolute Gasteiger partial charge is 0.0167 e. The van der Waals surface area contributed by atoms with Crippen molar-refractivity contribution in [3.05, 3.63) is 71.4 Å². The highest BCUT2D eigenvalue weighted by Crippen LogP contribution is 2.24. The van der Waals surface area contributed by atoms with Crippen LogP contribution in [0.15, 0.2) is 71.4 Å². The van der Waals surface area contributed by atoms with Crippen molar-refractivity contribution < 1.29 is 0 Å². The maximum Gasteiger partial charge on any atom is -0.0167 e. The van der Waals surface area contributed by atoms with Gasteiger partial charge in [-0.3, -0.25) is 0 Å². The van der Waals surface area contributed by atoms with Crippen LogP contribution >= 0.6 is 0 Å². The van der Waals surface area contributed by atoms with Crippen molar-refractivity contribution in [1.29, 1.82) is 0 Å². The summed E-state index contributed by atoms with van der Waals surface area (Å²) in [7, 11) is 0. The first-order chi connectivity index (χ1) is 20.4. The Balaban J connectivity index is -0.000000574. The Morgan fingerprint density at radius 3 is 0.932 bits per heavy atom. The first kappa shape index (κ1) is 46.9. The van der Waals surface area contributed by atoms with Gasteiger partial charge in [0.15, 0.2) is 0 Å². The van der Waals surface area contributed by atoms with E-state index in [-0.39, 0.29) is 0 Å². The van der Waals surface area contributed by atoms with E-state index < -0.39 is 0 Å². The molecule has 0 nitrogen and oxygen atoms in total. The van der Waals surface area contributed by atoms with Crippen LogP contribution in [0.5, 0.6) is 0 Å². The lowest BCUT2D eigenvalue weighted by molar-refractivity contribution is 0.365. The van der Waals surface area contributed by atoms with E-state index in [1.807, 2.05) is 0 Å². The van der Waals surface area contributed by atoms with Gasteiger partial charge in [0.05, 0.1) is 0 Å². The Hall–Kier alpha value is -1.56. The zero-order valence-corrected chi connectivity index (χ0v) is 33.1. The van der Waals surface area contributed by atoms with Crippen molar-refractivity contribution in [1.82, 2.24) is 0 Å². The van der Waals surface area contributed by atoms with Crippen LogP contribution < -0.4 is 0 Å². The summed E-state index contributed by atoms with van der Waals surface area (Å²) in [4.78, 5) is 0. The van der Waals surface area contributed by atoms with Gasteiger partial charge in [0.25, 0.3) is 0 Å². The molecule has 0 spiro atoms. The minimum absolute atomic E-state index is 0.488. The van der Waals surface area contributed by atoms with E-state index in [9.17, 15) is 0 Å². The molecule has 0 aromatic rings. The van der Waals surface area contributed by atoms with E-state index in [2.05, 4.69) is 159 Å². The molecule has 0 saturated heterocycles. The maximum absolute atomic E-state index is 2.36. The molecule has 0 heteroatoms. The molecule has 0 saturated carbocycles. The van der Waals surface area contributed by atoms with Crippen LogP contribution in [-0.2, 0) is 0 Å². The summed E-state index contributed by atoms with van der Waals surface area (Å²) in [5.41, 5.74) is 6.08. The second-order valence-electron chi connectivity index (χ2n) is 16.4. The van der Waals surface area contributed by atoms with E-state index >= 15 is 0 Å². The topological polar surface area (TPSA) is 0 Å². The Kier molecular flexibility index (Phi) is 30.8. The van der Waals surface area contributed by atoms with Crippen LogP contribution in [-0.4, -0.2) is 0 Å². The van der Waals surface area contributed by atoms with Gasteiger partial charge >= 0.3 is 0 Å². The molecule has 0 rings (SSSR count). The number of hydrogen-bond donors (Lipinski definition) is 0. The van der Waals surface area contributed by atoms with E-state index in [4.69, 9.17) is 0 Å². The van der Waals surface area contributed by atoms with Crippen molar-refractivity contribution in [2.24, 2.45) is 16.2 Å². The van der Waals surface area contributed by atoms with Gasteiger partial charge in [-0.25, -0.2) is 0 Å². The number of rotatable bonds is 17. The minimum Gasteiger partial charge on any atom is -0.0914 e. The number of hydrogen-bond acceptors (Lipinski definition) is 0. The SMILES string of the molecule is C/C=C/C/C=C(\C)CCCC(C)(C)C.CC/C=C/C/C=C(/C)CCCC(C)(C)C.CC/C=C/C/C=C(\C)CCCC(C)(C)C. The molecule has 0 N–H and O–H groups in total. The lowest BCUT2D eigenvalue weighted by atomic mass is 9.89. The van der Waals surface area contributed by atoms with Gasteiger partial charge in [-0.1, -0.05) is 148 Å². The van der Waals surface area contributed by atoms with Crippen LogP contribution in [0.1, 0.15) is 194 Å². The molecule has 258 valence electrons.